The lowest BCUT2D eigenvalue weighted by Crippen LogP contribution is -2.15. The van der Waals surface area contributed by atoms with Crippen molar-refractivity contribution in [1.82, 2.24) is 14.8 Å². The van der Waals surface area contributed by atoms with Crippen LogP contribution in [0.3, 0.4) is 0 Å². The summed E-state index contributed by atoms with van der Waals surface area (Å²) >= 11 is 0. The number of aryl methyl sites for hydroxylation is 1. The van der Waals surface area contributed by atoms with Crippen LogP contribution in [-0.4, -0.2) is 20.7 Å². The maximum Gasteiger partial charge on any atom is 0.257 e. The molecule has 4 aromatic rings. The van der Waals surface area contributed by atoms with E-state index in [1.807, 2.05) is 43.4 Å². The molecule has 140 valence electrons. The summed E-state index contributed by atoms with van der Waals surface area (Å²) in [6.07, 6.45) is 3.44. The molecule has 0 atom stereocenters. The molecule has 0 aliphatic carbocycles. The highest BCUT2D eigenvalue weighted by atomic mass is 16.1. The minimum Gasteiger partial charge on any atom is -0.380 e. The predicted octanol–water partition coefficient (Wildman–Crippen LogP) is 3.13. The van der Waals surface area contributed by atoms with Crippen LogP contribution in [0.1, 0.15) is 15.9 Å². The molecule has 2 aromatic carbocycles. The lowest BCUT2D eigenvalue weighted by Gasteiger charge is -2.12. The van der Waals surface area contributed by atoms with Gasteiger partial charge < -0.3 is 15.6 Å². The van der Waals surface area contributed by atoms with E-state index in [0.29, 0.717) is 23.5 Å². The molecule has 1 amide bonds. The van der Waals surface area contributed by atoms with Crippen molar-refractivity contribution in [3.63, 3.8) is 0 Å². The summed E-state index contributed by atoms with van der Waals surface area (Å²) in [5, 5.41) is 11.4. The molecule has 0 aliphatic heterocycles. The highest BCUT2D eigenvalue weighted by molar-refractivity contribution is 6.08. The van der Waals surface area contributed by atoms with Gasteiger partial charge in [0.05, 0.1) is 17.3 Å². The first-order chi connectivity index (χ1) is 13.6. The third-order valence-electron chi connectivity index (χ3n) is 4.51. The average molecular weight is 373 g/mol. The zero-order chi connectivity index (χ0) is 19.5. The molecule has 0 aliphatic rings. The fourth-order valence-electron chi connectivity index (χ4n) is 3.01. The van der Waals surface area contributed by atoms with Gasteiger partial charge >= 0.3 is 0 Å². The molecule has 3 N–H and O–H groups in total. The van der Waals surface area contributed by atoms with Crippen molar-refractivity contribution < 1.29 is 4.79 Å². The first-order valence-corrected chi connectivity index (χ1v) is 8.84. The van der Waals surface area contributed by atoms with Gasteiger partial charge in [-0.15, -0.1) is 0 Å². The van der Waals surface area contributed by atoms with Crippen LogP contribution >= 0.6 is 0 Å². The van der Waals surface area contributed by atoms with E-state index >= 15 is 0 Å². The van der Waals surface area contributed by atoms with E-state index in [-0.39, 0.29) is 11.5 Å². The van der Waals surface area contributed by atoms with Crippen LogP contribution in [0.5, 0.6) is 0 Å². The summed E-state index contributed by atoms with van der Waals surface area (Å²) in [7, 11) is 1.87. The van der Waals surface area contributed by atoms with Gasteiger partial charge in [0.1, 0.15) is 0 Å². The molecular formula is C21H19N5O2. The Labute approximate surface area is 161 Å². The monoisotopic (exact) mass is 373 g/mol. The number of fused-ring (bicyclic) bond motifs is 1. The summed E-state index contributed by atoms with van der Waals surface area (Å²) in [4.78, 5) is 26.6. The maximum absolute atomic E-state index is 12.8. The van der Waals surface area contributed by atoms with Crippen LogP contribution in [0.15, 0.2) is 71.8 Å². The Kier molecular flexibility index (Phi) is 4.63. The zero-order valence-corrected chi connectivity index (χ0v) is 15.3. The van der Waals surface area contributed by atoms with E-state index in [1.54, 1.807) is 29.2 Å². The molecule has 28 heavy (non-hydrogen) atoms. The summed E-state index contributed by atoms with van der Waals surface area (Å²) in [5.74, 6) is -0.203. The number of anilines is 2. The number of benzene rings is 2. The molecule has 2 heterocycles. The fraction of sp³-hybridized carbons (Fsp3) is 0.0952. The third kappa shape index (κ3) is 3.64. The number of nitrogens with one attached hydrogen (secondary N) is 3. The van der Waals surface area contributed by atoms with Gasteiger partial charge in [-0.1, -0.05) is 18.2 Å². The van der Waals surface area contributed by atoms with Gasteiger partial charge in [0.2, 0.25) is 5.56 Å². The van der Waals surface area contributed by atoms with E-state index in [2.05, 4.69) is 20.7 Å². The number of amides is 1. The van der Waals surface area contributed by atoms with Gasteiger partial charge in [-0.05, 0) is 35.9 Å². The average Bonchev–Trinajstić information content (AvgIpc) is 3.08. The second-order valence-corrected chi connectivity index (χ2v) is 6.46. The number of carbonyl (C=O) groups is 1. The van der Waals surface area contributed by atoms with E-state index in [1.165, 1.54) is 6.07 Å². The summed E-state index contributed by atoms with van der Waals surface area (Å²) in [6.45, 7) is 0.488. The molecule has 0 radical (unpaired) electrons. The number of hydrogen-bond donors (Lipinski definition) is 3. The number of H-pyrrole nitrogens is 1. The van der Waals surface area contributed by atoms with E-state index < -0.39 is 0 Å². The normalized spacial score (nSPS) is 10.8. The molecule has 7 nitrogen and oxygen atoms in total. The topological polar surface area (TPSA) is 91.8 Å². The van der Waals surface area contributed by atoms with Crippen molar-refractivity contribution in [2.75, 3.05) is 10.6 Å². The minimum atomic E-state index is -0.203. The van der Waals surface area contributed by atoms with Gasteiger partial charge in [0, 0.05) is 42.6 Å². The molecule has 0 bridgehead atoms. The van der Waals surface area contributed by atoms with Crippen molar-refractivity contribution in [2.24, 2.45) is 7.05 Å². The standard InChI is InChI=1S/C21H19N5O2/c1-26-19-10-16(8-7-15(19)13-24-26)25-21(28)17-4-2-3-5-18(17)22-11-14-6-9-20(27)23-12-14/h2-10,12-13,22H,11H2,1H3,(H,23,27)(H,25,28). The molecule has 7 heteroatoms. The first-order valence-electron chi connectivity index (χ1n) is 8.84. The Hall–Kier alpha value is -3.87. The first kappa shape index (κ1) is 17.5. The van der Waals surface area contributed by atoms with Gasteiger partial charge in [0.25, 0.3) is 5.91 Å². The number of nitrogens with zero attached hydrogens (tertiary/aromatic N) is 2. The van der Waals surface area contributed by atoms with Crippen molar-refractivity contribution in [3.05, 3.63) is 88.5 Å². The Balaban J connectivity index is 1.52. The fourth-order valence-corrected chi connectivity index (χ4v) is 3.01. The molecule has 0 saturated carbocycles. The van der Waals surface area contributed by atoms with E-state index in [9.17, 15) is 9.59 Å². The SMILES string of the molecule is Cn1ncc2ccc(NC(=O)c3ccccc3NCc3ccc(=O)[nH]c3)cc21. The number of pyridine rings is 1. The predicted molar refractivity (Wildman–Crippen MR) is 109 cm³/mol. The van der Waals surface area contributed by atoms with Crippen LogP contribution in [0, 0.1) is 0 Å². The van der Waals surface area contributed by atoms with Gasteiger partial charge in [0.15, 0.2) is 0 Å². The van der Waals surface area contributed by atoms with Crippen molar-refractivity contribution in [2.45, 2.75) is 6.54 Å². The van der Waals surface area contributed by atoms with Crippen molar-refractivity contribution in [1.29, 1.82) is 0 Å². The summed E-state index contributed by atoms with van der Waals surface area (Å²) in [5.41, 5.74) is 3.68. The maximum atomic E-state index is 12.8. The molecular weight excluding hydrogens is 354 g/mol. The quantitative estimate of drug-likeness (QED) is 0.501. The number of aromatic amines is 1. The van der Waals surface area contributed by atoms with Crippen LogP contribution in [0.25, 0.3) is 10.9 Å². The molecule has 0 saturated heterocycles. The van der Waals surface area contributed by atoms with Crippen LogP contribution < -0.4 is 16.2 Å². The van der Waals surface area contributed by atoms with Crippen LogP contribution in [-0.2, 0) is 13.6 Å². The lowest BCUT2D eigenvalue weighted by molar-refractivity contribution is 0.102. The zero-order valence-electron chi connectivity index (χ0n) is 15.3. The Bertz CT molecular complexity index is 1190. The Morgan fingerprint density at radius 3 is 2.82 bits per heavy atom. The van der Waals surface area contributed by atoms with Crippen molar-refractivity contribution in [3.8, 4) is 0 Å². The number of rotatable bonds is 5. The van der Waals surface area contributed by atoms with E-state index in [0.717, 1.165) is 16.5 Å². The Morgan fingerprint density at radius 2 is 2.00 bits per heavy atom. The molecule has 0 unspecified atom stereocenters. The largest absolute Gasteiger partial charge is 0.380 e. The second kappa shape index (κ2) is 7.40. The van der Waals surface area contributed by atoms with Crippen LogP contribution in [0.4, 0.5) is 11.4 Å². The van der Waals surface area contributed by atoms with Gasteiger partial charge in [-0.25, -0.2) is 0 Å². The molecule has 2 aromatic heterocycles. The van der Waals surface area contributed by atoms with E-state index in [4.69, 9.17) is 0 Å². The number of para-hydroxylation sites is 1. The van der Waals surface area contributed by atoms with Gasteiger partial charge in [-0.3, -0.25) is 14.3 Å². The second-order valence-electron chi connectivity index (χ2n) is 6.46. The number of carbonyl (C=O) groups excluding carboxylic acids is 1. The lowest BCUT2D eigenvalue weighted by atomic mass is 10.1. The minimum absolute atomic E-state index is 0.145. The molecule has 4 rings (SSSR count). The summed E-state index contributed by atoms with van der Waals surface area (Å²) in [6, 6.07) is 16.2. The number of aromatic nitrogens is 3. The molecule has 0 fully saturated rings. The molecule has 0 spiro atoms. The number of hydrogen-bond acceptors (Lipinski definition) is 4. The van der Waals surface area contributed by atoms with Crippen LogP contribution in [0.2, 0.25) is 0 Å². The smallest absolute Gasteiger partial charge is 0.257 e. The highest BCUT2D eigenvalue weighted by Crippen LogP contribution is 2.21. The van der Waals surface area contributed by atoms with Gasteiger partial charge in [-0.2, -0.15) is 5.10 Å². The highest BCUT2D eigenvalue weighted by Gasteiger charge is 2.12. The Morgan fingerprint density at radius 1 is 1.14 bits per heavy atom. The van der Waals surface area contributed by atoms with Crippen molar-refractivity contribution >= 4 is 28.2 Å². The third-order valence-corrected chi connectivity index (χ3v) is 4.51. The summed E-state index contributed by atoms with van der Waals surface area (Å²) < 4.78 is 1.77.